The molecule has 3 rings (SSSR count). The van der Waals surface area contributed by atoms with Crippen LogP contribution in [0.4, 0.5) is 5.69 Å². The van der Waals surface area contributed by atoms with Crippen LogP contribution in [0.15, 0.2) is 45.3 Å². The second-order valence-corrected chi connectivity index (χ2v) is 6.13. The van der Waals surface area contributed by atoms with Crippen molar-refractivity contribution in [3.8, 4) is 5.75 Å². The van der Waals surface area contributed by atoms with Crippen molar-refractivity contribution in [1.82, 2.24) is 4.98 Å². The Morgan fingerprint density at radius 3 is 2.65 bits per heavy atom. The molecule has 1 aromatic heterocycles. The van der Waals surface area contributed by atoms with Crippen LogP contribution >= 0.6 is 31.9 Å². The summed E-state index contributed by atoms with van der Waals surface area (Å²) in [7, 11) is 0. The van der Waals surface area contributed by atoms with E-state index in [1.807, 2.05) is 36.4 Å². The first kappa shape index (κ1) is 13.5. The second-order valence-electron chi connectivity index (χ2n) is 4.42. The number of fused-ring (bicyclic) bond motifs is 1. The van der Waals surface area contributed by atoms with Crippen LogP contribution in [0.3, 0.4) is 0 Å². The predicted octanol–water partition coefficient (Wildman–Crippen LogP) is 4.65. The molecule has 0 fully saturated rings. The topological polar surface area (TPSA) is 51.0 Å². The highest BCUT2D eigenvalue weighted by Gasteiger charge is 2.05. The van der Waals surface area contributed by atoms with Crippen LogP contribution in [0, 0.1) is 6.20 Å². The fourth-order valence-electron chi connectivity index (χ4n) is 1.94. The number of rotatable bonds is 3. The number of hydrogen-bond acceptors (Lipinski definition) is 2. The number of anilines is 1. The Balaban J connectivity index is 1.78. The third kappa shape index (κ3) is 2.69. The number of nitrogens with two attached hydrogens (primary N) is 1. The summed E-state index contributed by atoms with van der Waals surface area (Å²) in [5.41, 5.74) is 8.61. The summed E-state index contributed by atoms with van der Waals surface area (Å²) >= 11 is 6.86. The largest absolute Gasteiger partial charge is 0.489 e. The number of aromatic amines is 1. The minimum atomic E-state index is 0.480. The van der Waals surface area contributed by atoms with Gasteiger partial charge in [0.1, 0.15) is 12.4 Å². The van der Waals surface area contributed by atoms with Gasteiger partial charge in [-0.15, -0.1) is 0 Å². The molecule has 20 heavy (non-hydrogen) atoms. The Morgan fingerprint density at radius 1 is 1.15 bits per heavy atom. The molecule has 2 aromatic carbocycles. The van der Waals surface area contributed by atoms with Crippen LogP contribution < -0.4 is 10.5 Å². The minimum Gasteiger partial charge on any atom is -0.489 e. The highest BCUT2D eigenvalue weighted by molar-refractivity contribution is 9.11. The van der Waals surface area contributed by atoms with E-state index in [-0.39, 0.29) is 0 Å². The van der Waals surface area contributed by atoms with Crippen molar-refractivity contribution < 1.29 is 4.74 Å². The molecule has 3 nitrogen and oxygen atoms in total. The van der Waals surface area contributed by atoms with Gasteiger partial charge in [0, 0.05) is 25.9 Å². The molecule has 0 aliphatic heterocycles. The number of H-pyrrole nitrogens is 1. The SMILES string of the molecule is Nc1c(Br)cc(COc2ccc3c[c][nH]c3c2)cc1Br. The Hall–Kier alpha value is -1.46. The molecule has 0 aliphatic carbocycles. The van der Waals surface area contributed by atoms with Gasteiger partial charge in [0.25, 0.3) is 0 Å². The van der Waals surface area contributed by atoms with Gasteiger partial charge in [0.2, 0.25) is 0 Å². The van der Waals surface area contributed by atoms with E-state index in [0.29, 0.717) is 12.3 Å². The van der Waals surface area contributed by atoms with E-state index in [1.165, 1.54) is 0 Å². The first-order valence-corrected chi connectivity index (χ1v) is 7.57. The lowest BCUT2D eigenvalue weighted by Crippen LogP contribution is -1.97. The Kier molecular flexibility index (Phi) is 3.72. The maximum absolute atomic E-state index is 5.87. The third-order valence-corrected chi connectivity index (χ3v) is 4.32. The summed E-state index contributed by atoms with van der Waals surface area (Å²) in [5, 5.41) is 1.12. The molecule has 3 aromatic rings. The van der Waals surface area contributed by atoms with E-state index < -0.39 is 0 Å². The maximum atomic E-state index is 5.87. The predicted molar refractivity (Wildman–Crippen MR) is 87.7 cm³/mol. The number of halogens is 2. The number of hydrogen-bond donors (Lipinski definition) is 2. The molecular formula is C15H11Br2N2O. The molecule has 5 heteroatoms. The van der Waals surface area contributed by atoms with Crippen molar-refractivity contribution >= 4 is 48.5 Å². The number of aromatic nitrogens is 1. The van der Waals surface area contributed by atoms with Crippen LogP contribution in [-0.4, -0.2) is 4.98 Å². The summed E-state index contributed by atoms with van der Waals surface area (Å²) in [4.78, 5) is 3.05. The molecular weight excluding hydrogens is 384 g/mol. The number of nitrogens with one attached hydrogen (secondary N) is 1. The molecule has 0 unspecified atom stereocenters. The average molecular weight is 395 g/mol. The van der Waals surface area contributed by atoms with Gasteiger partial charge in [-0.05, 0) is 67.8 Å². The van der Waals surface area contributed by atoms with Gasteiger partial charge in [-0.25, -0.2) is 0 Å². The number of nitrogen functional groups attached to an aromatic ring is 1. The lowest BCUT2D eigenvalue weighted by molar-refractivity contribution is 0.306. The molecule has 3 N–H and O–H groups in total. The van der Waals surface area contributed by atoms with Gasteiger partial charge < -0.3 is 15.5 Å². The highest BCUT2D eigenvalue weighted by atomic mass is 79.9. The summed E-state index contributed by atoms with van der Waals surface area (Å²) in [6, 6.07) is 11.8. The second kappa shape index (κ2) is 5.50. The standard InChI is InChI=1S/C15H11Br2N2O/c16-12-5-9(6-13(17)15(12)18)8-20-11-2-1-10-3-4-19-14(10)7-11/h1-3,5-7,19H,8,18H2. The summed E-state index contributed by atoms with van der Waals surface area (Å²) < 4.78 is 7.53. The molecule has 1 radical (unpaired) electrons. The van der Waals surface area contributed by atoms with Crippen molar-refractivity contribution in [2.24, 2.45) is 0 Å². The van der Waals surface area contributed by atoms with Gasteiger partial charge in [-0.2, -0.15) is 0 Å². The zero-order valence-electron chi connectivity index (χ0n) is 10.4. The fourth-order valence-corrected chi connectivity index (χ4v) is 3.22. The quantitative estimate of drug-likeness (QED) is 0.635. The first-order chi connectivity index (χ1) is 9.63. The number of benzene rings is 2. The molecule has 0 spiro atoms. The van der Waals surface area contributed by atoms with Crippen LogP contribution in [0.5, 0.6) is 5.75 Å². The normalized spacial score (nSPS) is 10.9. The monoisotopic (exact) mass is 393 g/mol. The first-order valence-electron chi connectivity index (χ1n) is 5.98. The van der Waals surface area contributed by atoms with Crippen molar-refractivity contribution in [1.29, 1.82) is 0 Å². The van der Waals surface area contributed by atoms with Gasteiger partial charge in [-0.3, -0.25) is 0 Å². The van der Waals surface area contributed by atoms with Crippen molar-refractivity contribution in [2.75, 3.05) is 5.73 Å². The fraction of sp³-hybridized carbons (Fsp3) is 0.0667. The van der Waals surface area contributed by atoms with Crippen LogP contribution in [0.1, 0.15) is 5.56 Å². The smallest absolute Gasteiger partial charge is 0.121 e. The van der Waals surface area contributed by atoms with Crippen molar-refractivity contribution in [3.63, 3.8) is 0 Å². The Bertz CT molecular complexity index is 744. The third-order valence-electron chi connectivity index (χ3n) is 3.00. The molecule has 0 aliphatic rings. The van der Waals surface area contributed by atoms with Crippen LogP contribution in [-0.2, 0) is 6.61 Å². The highest BCUT2D eigenvalue weighted by Crippen LogP contribution is 2.30. The van der Waals surface area contributed by atoms with E-state index >= 15 is 0 Å². The van der Waals surface area contributed by atoms with E-state index in [0.717, 1.165) is 31.2 Å². The Morgan fingerprint density at radius 2 is 1.90 bits per heavy atom. The van der Waals surface area contributed by atoms with Gasteiger partial charge in [0.15, 0.2) is 0 Å². The number of ether oxygens (including phenoxy) is 1. The van der Waals surface area contributed by atoms with Crippen LogP contribution in [0.2, 0.25) is 0 Å². The lowest BCUT2D eigenvalue weighted by atomic mass is 10.2. The van der Waals surface area contributed by atoms with E-state index in [4.69, 9.17) is 10.5 Å². The van der Waals surface area contributed by atoms with Crippen molar-refractivity contribution in [3.05, 3.63) is 57.1 Å². The summed E-state index contributed by atoms with van der Waals surface area (Å²) in [6.07, 6.45) is 2.95. The van der Waals surface area contributed by atoms with Crippen molar-refractivity contribution in [2.45, 2.75) is 6.61 Å². The minimum absolute atomic E-state index is 0.480. The zero-order valence-corrected chi connectivity index (χ0v) is 13.6. The molecule has 0 bridgehead atoms. The molecule has 0 atom stereocenters. The van der Waals surface area contributed by atoms with Crippen LogP contribution in [0.25, 0.3) is 10.9 Å². The molecule has 0 saturated carbocycles. The average Bonchev–Trinajstić information content (AvgIpc) is 2.89. The molecule has 0 amide bonds. The summed E-state index contributed by atoms with van der Waals surface area (Å²) in [6.45, 7) is 0.480. The molecule has 101 valence electrons. The Labute approximate surface area is 133 Å². The zero-order chi connectivity index (χ0) is 14.1. The lowest BCUT2D eigenvalue weighted by Gasteiger charge is -2.09. The summed E-state index contributed by atoms with van der Waals surface area (Å²) in [5.74, 6) is 0.817. The van der Waals surface area contributed by atoms with Gasteiger partial charge in [-0.1, -0.05) is 0 Å². The van der Waals surface area contributed by atoms with Gasteiger partial charge in [0.05, 0.1) is 11.9 Å². The molecule has 1 heterocycles. The maximum Gasteiger partial charge on any atom is 0.121 e. The van der Waals surface area contributed by atoms with E-state index in [2.05, 4.69) is 43.0 Å². The molecule has 0 saturated heterocycles. The van der Waals surface area contributed by atoms with Gasteiger partial charge >= 0.3 is 0 Å². The van der Waals surface area contributed by atoms with E-state index in [9.17, 15) is 0 Å². The van der Waals surface area contributed by atoms with E-state index in [1.54, 1.807) is 0 Å².